The summed E-state index contributed by atoms with van der Waals surface area (Å²) < 4.78 is 10.5. The molecule has 4 rings (SSSR count). The molecule has 0 radical (unpaired) electrons. The summed E-state index contributed by atoms with van der Waals surface area (Å²) in [5.41, 5.74) is 3.00. The van der Waals surface area contributed by atoms with Crippen LogP contribution in [-0.4, -0.2) is 43.5 Å². The van der Waals surface area contributed by atoms with Crippen LogP contribution in [0.4, 0.5) is 22.0 Å². The number of piperidine rings is 1. The molecule has 1 fully saturated rings. The molecule has 0 aliphatic carbocycles. The zero-order valence-electron chi connectivity index (χ0n) is 19.2. The summed E-state index contributed by atoms with van der Waals surface area (Å²) in [5.74, 6) is 2.85. The number of aromatic nitrogens is 2. The first-order valence-electron chi connectivity index (χ1n) is 11.0. The molecular weight excluding hydrogens is 418 g/mol. The van der Waals surface area contributed by atoms with Gasteiger partial charge in [-0.25, -0.2) is 4.79 Å². The molecule has 1 aromatic heterocycles. The maximum Gasteiger partial charge on any atom is 0.323 e. The molecular formula is C25H29N5O3. The van der Waals surface area contributed by atoms with Crippen LogP contribution in [-0.2, 0) is 0 Å². The van der Waals surface area contributed by atoms with E-state index in [2.05, 4.69) is 32.7 Å². The van der Waals surface area contributed by atoms with E-state index in [0.29, 0.717) is 22.9 Å². The Labute approximate surface area is 193 Å². The van der Waals surface area contributed by atoms with E-state index >= 15 is 0 Å². The lowest BCUT2D eigenvalue weighted by Crippen LogP contribution is -2.33. The number of nitrogens with one attached hydrogen (secondary N) is 2. The molecule has 3 aromatic rings. The predicted octanol–water partition coefficient (Wildman–Crippen LogP) is 5.04. The number of benzene rings is 2. The average molecular weight is 448 g/mol. The van der Waals surface area contributed by atoms with E-state index in [0.717, 1.165) is 36.1 Å². The van der Waals surface area contributed by atoms with Crippen LogP contribution in [0.1, 0.15) is 19.8 Å². The molecule has 0 atom stereocenters. The molecule has 0 saturated carbocycles. The number of ether oxygens (including phenoxy) is 2. The summed E-state index contributed by atoms with van der Waals surface area (Å²) in [7, 11) is 3.12. The molecule has 2 heterocycles. The molecule has 0 unspecified atom stereocenters. The van der Waals surface area contributed by atoms with Gasteiger partial charge in [-0.3, -0.25) is 0 Å². The van der Waals surface area contributed by atoms with E-state index in [4.69, 9.17) is 9.47 Å². The van der Waals surface area contributed by atoms with Crippen molar-refractivity contribution in [1.29, 1.82) is 0 Å². The molecule has 2 aromatic carbocycles. The minimum Gasteiger partial charge on any atom is -0.493 e. The minimum absolute atomic E-state index is 0.352. The van der Waals surface area contributed by atoms with E-state index in [-0.39, 0.29) is 6.03 Å². The second kappa shape index (κ2) is 10.2. The molecule has 1 aliphatic rings. The zero-order chi connectivity index (χ0) is 23.2. The van der Waals surface area contributed by atoms with Crippen molar-refractivity contribution in [1.82, 2.24) is 10.2 Å². The lowest BCUT2D eigenvalue weighted by molar-refractivity contribution is 0.262. The van der Waals surface area contributed by atoms with Crippen LogP contribution >= 0.6 is 0 Å². The Bertz CT molecular complexity index is 1080. The summed E-state index contributed by atoms with van der Waals surface area (Å²) >= 11 is 0. The van der Waals surface area contributed by atoms with Crippen molar-refractivity contribution in [2.75, 3.05) is 42.8 Å². The van der Waals surface area contributed by atoms with Gasteiger partial charge in [0.1, 0.15) is 0 Å². The molecule has 33 heavy (non-hydrogen) atoms. The summed E-state index contributed by atoms with van der Waals surface area (Å²) in [4.78, 5) is 14.7. The lowest BCUT2D eigenvalue weighted by Gasteiger charge is -2.30. The van der Waals surface area contributed by atoms with Crippen molar-refractivity contribution < 1.29 is 14.3 Å². The van der Waals surface area contributed by atoms with Crippen molar-refractivity contribution in [3.05, 3.63) is 54.6 Å². The molecule has 172 valence electrons. The Hall–Kier alpha value is -3.81. The Kier molecular flexibility index (Phi) is 6.92. The van der Waals surface area contributed by atoms with Gasteiger partial charge < -0.3 is 25.0 Å². The fourth-order valence-electron chi connectivity index (χ4n) is 3.82. The van der Waals surface area contributed by atoms with Crippen LogP contribution in [0.25, 0.3) is 11.3 Å². The molecule has 8 nitrogen and oxygen atoms in total. The van der Waals surface area contributed by atoms with Crippen molar-refractivity contribution in [2.45, 2.75) is 19.8 Å². The number of amides is 2. The van der Waals surface area contributed by atoms with Gasteiger partial charge in [-0.1, -0.05) is 19.1 Å². The number of hydrogen-bond acceptors (Lipinski definition) is 6. The Morgan fingerprint density at radius 1 is 0.879 bits per heavy atom. The number of urea groups is 1. The third-order valence-corrected chi connectivity index (χ3v) is 5.84. The second-order valence-corrected chi connectivity index (χ2v) is 8.17. The molecule has 8 heteroatoms. The second-order valence-electron chi connectivity index (χ2n) is 8.17. The number of carbonyl (C=O) groups is 1. The van der Waals surface area contributed by atoms with Crippen LogP contribution in [0.15, 0.2) is 54.6 Å². The number of rotatable bonds is 6. The standard InChI is InChI=1S/C25H29N5O3/c1-17-12-14-30(15-13-17)24-11-9-21(28-29-24)18-4-6-19(7-5-18)26-25(31)27-20-8-10-22(32-2)23(16-20)33-3/h4-11,16-17H,12-15H2,1-3H3,(H2,26,27,31). The van der Waals surface area contributed by atoms with E-state index in [9.17, 15) is 4.79 Å². The molecule has 1 aliphatic heterocycles. The number of anilines is 3. The van der Waals surface area contributed by atoms with Gasteiger partial charge in [-0.15, -0.1) is 10.2 Å². The molecule has 0 spiro atoms. The quantitative estimate of drug-likeness (QED) is 0.550. The van der Waals surface area contributed by atoms with Gasteiger partial charge >= 0.3 is 6.03 Å². The van der Waals surface area contributed by atoms with Crippen LogP contribution in [0.2, 0.25) is 0 Å². The predicted molar refractivity (Wildman–Crippen MR) is 130 cm³/mol. The highest BCUT2D eigenvalue weighted by Crippen LogP contribution is 2.30. The van der Waals surface area contributed by atoms with Crippen molar-refractivity contribution in [3.63, 3.8) is 0 Å². The first-order chi connectivity index (χ1) is 16.1. The average Bonchev–Trinajstić information content (AvgIpc) is 2.85. The summed E-state index contributed by atoms with van der Waals surface area (Å²) in [6, 6.07) is 16.4. The van der Waals surface area contributed by atoms with Crippen molar-refractivity contribution in [2.24, 2.45) is 5.92 Å². The third kappa shape index (κ3) is 5.52. The summed E-state index contributed by atoms with van der Waals surface area (Å²) in [6.07, 6.45) is 2.38. The molecule has 0 bridgehead atoms. The fraction of sp³-hybridized carbons (Fsp3) is 0.320. The number of carbonyl (C=O) groups excluding carboxylic acids is 1. The Balaban J connectivity index is 1.35. The van der Waals surface area contributed by atoms with Gasteiger partial charge in [0.05, 0.1) is 19.9 Å². The lowest BCUT2D eigenvalue weighted by atomic mass is 9.99. The van der Waals surface area contributed by atoms with Crippen molar-refractivity contribution >= 4 is 23.2 Å². The minimum atomic E-state index is -0.352. The van der Waals surface area contributed by atoms with E-state index in [1.54, 1.807) is 32.4 Å². The van der Waals surface area contributed by atoms with Crippen LogP contribution in [0.3, 0.4) is 0 Å². The highest BCUT2D eigenvalue weighted by atomic mass is 16.5. The fourth-order valence-corrected chi connectivity index (χ4v) is 3.82. The maximum absolute atomic E-state index is 12.4. The summed E-state index contributed by atoms with van der Waals surface area (Å²) in [6.45, 7) is 4.35. The molecule has 2 N–H and O–H groups in total. The van der Waals surface area contributed by atoms with E-state index in [1.807, 2.05) is 36.4 Å². The smallest absolute Gasteiger partial charge is 0.323 e. The normalized spacial score (nSPS) is 14.0. The number of hydrogen-bond donors (Lipinski definition) is 2. The van der Waals surface area contributed by atoms with Gasteiger partial charge in [-0.05, 0) is 55.2 Å². The number of methoxy groups -OCH3 is 2. The van der Waals surface area contributed by atoms with Crippen LogP contribution < -0.4 is 25.0 Å². The molecule has 1 saturated heterocycles. The number of nitrogens with zero attached hydrogens (tertiary/aromatic N) is 3. The largest absolute Gasteiger partial charge is 0.493 e. The van der Waals surface area contributed by atoms with Gasteiger partial charge in [0, 0.05) is 36.1 Å². The maximum atomic E-state index is 12.4. The summed E-state index contributed by atoms with van der Waals surface area (Å²) in [5, 5.41) is 14.4. The Morgan fingerprint density at radius 2 is 1.55 bits per heavy atom. The van der Waals surface area contributed by atoms with Crippen molar-refractivity contribution in [3.8, 4) is 22.8 Å². The van der Waals surface area contributed by atoms with Crippen LogP contribution in [0.5, 0.6) is 11.5 Å². The molecule has 2 amide bonds. The SMILES string of the molecule is COc1ccc(NC(=O)Nc2ccc(-c3ccc(N4CCC(C)CC4)nn3)cc2)cc1OC. The topological polar surface area (TPSA) is 88.6 Å². The highest BCUT2D eigenvalue weighted by molar-refractivity contribution is 6.00. The van der Waals surface area contributed by atoms with E-state index in [1.165, 1.54) is 12.8 Å². The van der Waals surface area contributed by atoms with Gasteiger partial charge in [0.25, 0.3) is 0 Å². The first-order valence-corrected chi connectivity index (χ1v) is 11.0. The van der Waals surface area contributed by atoms with Gasteiger partial charge in [0.15, 0.2) is 17.3 Å². The third-order valence-electron chi connectivity index (χ3n) is 5.84. The van der Waals surface area contributed by atoms with E-state index < -0.39 is 0 Å². The monoisotopic (exact) mass is 447 g/mol. The van der Waals surface area contributed by atoms with Gasteiger partial charge in [-0.2, -0.15) is 0 Å². The van der Waals surface area contributed by atoms with Gasteiger partial charge in [0.2, 0.25) is 0 Å². The van der Waals surface area contributed by atoms with Crippen LogP contribution in [0, 0.1) is 5.92 Å². The zero-order valence-corrected chi connectivity index (χ0v) is 19.2. The highest BCUT2D eigenvalue weighted by Gasteiger charge is 2.17. The Morgan fingerprint density at radius 3 is 2.18 bits per heavy atom. The first kappa shape index (κ1) is 22.4.